The third kappa shape index (κ3) is 3.30. The molecule has 21 heavy (non-hydrogen) atoms. The molecule has 1 unspecified atom stereocenters. The molecule has 1 aromatic heterocycles. The second kappa shape index (κ2) is 6.62. The van der Waals surface area contributed by atoms with Crippen LogP contribution in [0.25, 0.3) is 0 Å². The van der Waals surface area contributed by atoms with Crippen LogP contribution in [0.4, 0.5) is 0 Å². The summed E-state index contributed by atoms with van der Waals surface area (Å²) in [7, 11) is 0. The minimum absolute atomic E-state index is 0.380. The molecule has 0 radical (unpaired) electrons. The van der Waals surface area contributed by atoms with Gasteiger partial charge < -0.3 is 9.88 Å². The highest BCUT2D eigenvalue weighted by Crippen LogP contribution is 2.27. The highest BCUT2D eigenvalue weighted by molar-refractivity contribution is 7.98. The van der Waals surface area contributed by atoms with E-state index in [9.17, 15) is 0 Å². The molecule has 5 heteroatoms. The van der Waals surface area contributed by atoms with Gasteiger partial charge in [-0.15, -0.1) is 10.2 Å². The van der Waals surface area contributed by atoms with Gasteiger partial charge in [0.15, 0.2) is 11.0 Å². The monoisotopic (exact) mass is 302 g/mol. The Kier molecular flexibility index (Phi) is 4.60. The normalized spacial score (nSPS) is 18.3. The van der Waals surface area contributed by atoms with Gasteiger partial charge >= 0.3 is 0 Å². The third-order valence-corrected chi connectivity index (χ3v) is 4.92. The van der Waals surface area contributed by atoms with Crippen molar-refractivity contribution in [2.45, 2.75) is 50.2 Å². The molecule has 2 aromatic rings. The molecule has 2 heterocycles. The molecule has 3 rings (SSSR count). The number of aromatic nitrogens is 3. The number of nitrogens with one attached hydrogen (secondary N) is 1. The van der Waals surface area contributed by atoms with E-state index in [0.29, 0.717) is 6.04 Å². The number of hydrogen-bond acceptors (Lipinski definition) is 4. The second-order valence-electron chi connectivity index (χ2n) is 5.51. The van der Waals surface area contributed by atoms with Gasteiger partial charge in [-0.1, -0.05) is 41.6 Å². The fourth-order valence-corrected chi connectivity index (χ4v) is 3.77. The number of hydrogen-bond donors (Lipinski definition) is 1. The molecule has 4 nitrogen and oxygen atoms in total. The van der Waals surface area contributed by atoms with Crippen molar-refractivity contribution in [3.05, 3.63) is 41.2 Å². The van der Waals surface area contributed by atoms with Gasteiger partial charge in [-0.3, -0.25) is 0 Å². The summed E-state index contributed by atoms with van der Waals surface area (Å²) in [6, 6.07) is 9.03. The van der Waals surface area contributed by atoms with E-state index in [1.54, 1.807) is 11.8 Å². The molecule has 112 valence electrons. The molecular formula is C16H22N4S. The van der Waals surface area contributed by atoms with Crippen LogP contribution in [0.15, 0.2) is 29.4 Å². The zero-order valence-electron chi connectivity index (χ0n) is 12.7. The molecule has 1 aliphatic heterocycles. The first-order chi connectivity index (χ1) is 10.3. The molecule has 1 atom stereocenters. The first kappa shape index (κ1) is 14.6. The largest absolute Gasteiger partial charge is 0.307 e. The van der Waals surface area contributed by atoms with Crippen molar-refractivity contribution in [3.8, 4) is 0 Å². The third-order valence-electron chi connectivity index (χ3n) is 3.88. The fourth-order valence-electron chi connectivity index (χ4n) is 2.82. The minimum atomic E-state index is 0.380. The van der Waals surface area contributed by atoms with Crippen LogP contribution in [0.5, 0.6) is 0 Å². The Morgan fingerprint density at radius 3 is 3.00 bits per heavy atom. The summed E-state index contributed by atoms with van der Waals surface area (Å²) >= 11 is 1.77. The van der Waals surface area contributed by atoms with E-state index in [0.717, 1.165) is 29.8 Å². The van der Waals surface area contributed by atoms with Crippen LogP contribution >= 0.6 is 11.8 Å². The zero-order chi connectivity index (χ0) is 14.7. The van der Waals surface area contributed by atoms with Crippen molar-refractivity contribution in [1.29, 1.82) is 0 Å². The highest BCUT2D eigenvalue weighted by Gasteiger charge is 2.23. The molecule has 1 saturated heterocycles. The van der Waals surface area contributed by atoms with Gasteiger partial charge in [0.25, 0.3) is 0 Å². The Bertz CT molecular complexity index is 602. The molecule has 1 aliphatic rings. The topological polar surface area (TPSA) is 42.7 Å². The summed E-state index contributed by atoms with van der Waals surface area (Å²) < 4.78 is 2.25. The summed E-state index contributed by atoms with van der Waals surface area (Å²) in [5.74, 6) is 2.04. The predicted octanol–water partition coefficient (Wildman–Crippen LogP) is 3.32. The Morgan fingerprint density at radius 2 is 2.29 bits per heavy atom. The maximum Gasteiger partial charge on any atom is 0.191 e. The van der Waals surface area contributed by atoms with Crippen LogP contribution in [0, 0.1) is 6.92 Å². The van der Waals surface area contributed by atoms with Crippen LogP contribution in [-0.4, -0.2) is 21.3 Å². The number of benzene rings is 1. The molecular weight excluding hydrogens is 280 g/mol. The van der Waals surface area contributed by atoms with Crippen LogP contribution in [0.2, 0.25) is 0 Å². The average Bonchev–Trinajstić information content (AvgIpc) is 3.13. The zero-order valence-corrected chi connectivity index (χ0v) is 13.5. The van der Waals surface area contributed by atoms with Crippen molar-refractivity contribution in [3.63, 3.8) is 0 Å². The quantitative estimate of drug-likeness (QED) is 0.860. The van der Waals surface area contributed by atoms with Gasteiger partial charge in [-0.05, 0) is 38.8 Å². The van der Waals surface area contributed by atoms with E-state index < -0.39 is 0 Å². The maximum absolute atomic E-state index is 4.43. The van der Waals surface area contributed by atoms with Crippen LogP contribution < -0.4 is 5.32 Å². The Morgan fingerprint density at radius 1 is 1.38 bits per heavy atom. The SMILES string of the molecule is CCn1c(SCc2cccc(C)c2)nnc1C1CCCN1. The van der Waals surface area contributed by atoms with Crippen LogP contribution in [0.1, 0.15) is 42.8 Å². The van der Waals surface area contributed by atoms with Gasteiger partial charge in [0.05, 0.1) is 6.04 Å². The number of thioether (sulfide) groups is 1. The lowest BCUT2D eigenvalue weighted by Gasteiger charge is -2.12. The standard InChI is InChI=1S/C16H22N4S/c1-3-20-15(14-8-5-9-17-14)18-19-16(20)21-11-13-7-4-6-12(2)10-13/h4,6-7,10,14,17H,3,5,8-9,11H2,1-2H3. The molecule has 0 aliphatic carbocycles. The summed E-state index contributed by atoms with van der Waals surface area (Å²) in [4.78, 5) is 0. The molecule has 0 bridgehead atoms. The lowest BCUT2D eigenvalue weighted by Crippen LogP contribution is -2.18. The van der Waals surface area contributed by atoms with Gasteiger partial charge in [0.1, 0.15) is 0 Å². The van der Waals surface area contributed by atoms with Crippen molar-refractivity contribution in [2.24, 2.45) is 0 Å². The van der Waals surface area contributed by atoms with Gasteiger partial charge in [0.2, 0.25) is 0 Å². The Hall–Kier alpha value is -1.33. The van der Waals surface area contributed by atoms with Crippen molar-refractivity contribution in [1.82, 2.24) is 20.1 Å². The van der Waals surface area contributed by atoms with Gasteiger partial charge in [-0.2, -0.15) is 0 Å². The van der Waals surface area contributed by atoms with Crippen molar-refractivity contribution in [2.75, 3.05) is 6.54 Å². The van der Waals surface area contributed by atoms with E-state index in [4.69, 9.17) is 0 Å². The minimum Gasteiger partial charge on any atom is -0.307 e. The summed E-state index contributed by atoms with van der Waals surface area (Å²) in [6.07, 6.45) is 2.40. The first-order valence-electron chi connectivity index (χ1n) is 7.62. The van der Waals surface area contributed by atoms with Crippen molar-refractivity contribution >= 4 is 11.8 Å². The Balaban J connectivity index is 1.73. The second-order valence-corrected chi connectivity index (χ2v) is 6.45. The number of rotatable bonds is 5. The van der Waals surface area contributed by atoms with Gasteiger partial charge in [-0.25, -0.2) is 0 Å². The fraction of sp³-hybridized carbons (Fsp3) is 0.500. The molecule has 0 saturated carbocycles. The highest BCUT2D eigenvalue weighted by atomic mass is 32.2. The number of aryl methyl sites for hydroxylation is 1. The lowest BCUT2D eigenvalue weighted by molar-refractivity contribution is 0.542. The van der Waals surface area contributed by atoms with E-state index >= 15 is 0 Å². The molecule has 1 fully saturated rings. The molecule has 1 N–H and O–H groups in total. The van der Waals surface area contributed by atoms with E-state index in [1.807, 2.05) is 0 Å². The molecule has 1 aromatic carbocycles. The van der Waals surface area contributed by atoms with Crippen LogP contribution in [-0.2, 0) is 12.3 Å². The number of nitrogens with zero attached hydrogens (tertiary/aromatic N) is 3. The smallest absolute Gasteiger partial charge is 0.191 e. The lowest BCUT2D eigenvalue weighted by atomic mass is 10.2. The van der Waals surface area contributed by atoms with E-state index in [2.05, 4.69) is 58.2 Å². The maximum atomic E-state index is 4.43. The summed E-state index contributed by atoms with van der Waals surface area (Å²) in [6.45, 7) is 6.31. The summed E-state index contributed by atoms with van der Waals surface area (Å²) in [5, 5.41) is 13.4. The van der Waals surface area contributed by atoms with Crippen LogP contribution in [0.3, 0.4) is 0 Å². The van der Waals surface area contributed by atoms with Gasteiger partial charge in [0, 0.05) is 12.3 Å². The molecule has 0 amide bonds. The van der Waals surface area contributed by atoms with E-state index in [-0.39, 0.29) is 0 Å². The average molecular weight is 302 g/mol. The van der Waals surface area contributed by atoms with Crippen molar-refractivity contribution < 1.29 is 0 Å². The Labute approximate surface area is 130 Å². The predicted molar refractivity (Wildman–Crippen MR) is 86.4 cm³/mol. The first-order valence-corrected chi connectivity index (χ1v) is 8.61. The molecule has 0 spiro atoms. The summed E-state index contributed by atoms with van der Waals surface area (Å²) in [5.41, 5.74) is 2.65. The van der Waals surface area contributed by atoms with E-state index in [1.165, 1.54) is 24.0 Å².